The Hall–Kier alpha value is -0.280. The highest BCUT2D eigenvalue weighted by Crippen LogP contribution is 2.25. The van der Waals surface area contributed by atoms with E-state index >= 15 is 0 Å². The average Bonchev–Trinajstić information content (AvgIpc) is 2.21. The van der Waals surface area contributed by atoms with Crippen molar-refractivity contribution in [3.05, 3.63) is 0 Å². The third-order valence-corrected chi connectivity index (χ3v) is 3.79. The maximum atomic E-state index is 12.0. The molecule has 1 amide bonds. The second-order valence-electron chi connectivity index (χ2n) is 5.10. The summed E-state index contributed by atoms with van der Waals surface area (Å²) in [7, 11) is 0. The first kappa shape index (κ1) is 12.8. The van der Waals surface area contributed by atoms with Crippen LogP contribution in [-0.2, 0) is 4.79 Å². The lowest BCUT2D eigenvalue weighted by Gasteiger charge is -2.38. The summed E-state index contributed by atoms with van der Waals surface area (Å²) in [5.41, 5.74) is -0.526. The zero-order valence-electron chi connectivity index (χ0n) is 9.66. The third-order valence-electron chi connectivity index (χ3n) is 3.12. The number of β-amino-alcohol motifs (C(OH)–C–C–N with tert-alkyl or cyclic N) is 1. The van der Waals surface area contributed by atoms with Gasteiger partial charge < -0.3 is 10.0 Å². The molecule has 1 saturated heterocycles. The molecule has 0 aromatic carbocycles. The van der Waals surface area contributed by atoms with Gasteiger partial charge >= 0.3 is 0 Å². The van der Waals surface area contributed by atoms with Crippen LogP contribution in [0.15, 0.2) is 0 Å². The zero-order chi connectivity index (χ0) is 11.6. The summed E-state index contributed by atoms with van der Waals surface area (Å²) in [4.78, 5) is 13.8. The van der Waals surface area contributed by atoms with E-state index < -0.39 is 11.5 Å². The number of carbonyl (C=O) groups is 1. The van der Waals surface area contributed by atoms with E-state index in [1.807, 2.05) is 20.8 Å². The van der Waals surface area contributed by atoms with Crippen LogP contribution in [-0.4, -0.2) is 41.0 Å². The Morgan fingerprint density at radius 3 is 2.67 bits per heavy atom. The van der Waals surface area contributed by atoms with Gasteiger partial charge in [-0.3, -0.25) is 4.79 Å². The summed E-state index contributed by atoms with van der Waals surface area (Å²) in [6.07, 6.45) is 0.472. The van der Waals surface area contributed by atoms with Crippen LogP contribution in [0.25, 0.3) is 0 Å². The Morgan fingerprint density at radius 2 is 2.20 bits per heavy atom. The second kappa shape index (κ2) is 4.71. The monoisotopic (exact) mass is 233 g/mol. The van der Waals surface area contributed by atoms with Gasteiger partial charge in [0.2, 0.25) is 5.91 Å². The smallest absolute Gasteiger partial charge is 0.229 e. The molecule has 15 heavy (non-hydrogen) atoms. The molecule has 1 N–H and O–H groups in total. The number of aliphatic hydroxyl groups is 1. The minimum atomic E-state index is -0.526. The molecule has 0 radical (unpaired) electrons. The minimum absolute atomic E-state index is 0.0449. The number of nitrogens with zero attached hydrogens (tertiary/aromatic N) is 1. The van der Waals surface area contributed by atoms with Crippen LogP contribution in [0, 0.1) is 11.3 Å². The third kappa shape index (κ3) is 2.85. The fraction of sp³-hybridized carbons (Fsp3) is 0.909. The lowest BCUT2D eigenvalue weighted by Crippen LogP contribution is -2.50. The lowest BCUT2D eigenvalue weighted by atomic mass is 9.90. The maximum absolute atomic E-state index is 12.0. The predicted octanol–water partition coefficient (Wildman–Crippen LogP) is 1.48. The predicted molar refractivity (Wildman–Crippen MR) is 60.9 cm³/mol. The summed E-state index contributed by atoms with van der Waals surface area (Å²) in [6, 6.07) is 0. The summed E-state index contributed by atoms with van der Waals surface area (Å²) < 4.78 is 0. The molecule has 1 fully saturated rings. The molecule has 1 aliphatic rings. The molecule has 0 aromatic rings. The largest absolute Gasteiger partial charge is 0.391 e. The van der Waals surface area contributed by atoms with Gasteiger partial charge in [0.25, 0.3) is 0 Å². The SMILES string of the molecule is CC1CCN(C(=O)C(C)(C)CCl)CC1O. The van der Waals surface area contributed by atoms with Gasteiger partial charge in [-0.05, 0) is 26.2 Å². The first-order valence-electron chi connectivity index (χ1n) is 5.42. The van der Waals surface area contributed by atoms with Crippen molar-refractivity contribution < 1.29 is 9.90 Å². The number of rotatable bonds is 2. The molecule has 0 spiro atoms. The van der Waals surface area contributed by atoms with Crippen molar-refractivity contribution in [3.8, 4) is 0 Å². The normalized spacial score (nSPS) is 27.9. The molecule has 3 nitrogen and oxygen atoms in total. The molecular formula is C11H20ClNO2. The summed E-state index contributed by atoms with van der Waals surface area (Å²) in [5, 5.41) is 9.71. The molecule has 0 aliphatic carbocycles. The van der Waals surface area contributed by atoms with Crippen molar-refractivity contribution in [2.75, 3.05) is 19.0 Å². The van der Waals surface area contributed by atoms with Crippen molar-refractivity contribution in [2.45, 2.75) is 33.3 Å². The van der Waals surface area contributed by atoms with Gasteiger partial charge in [0.1, 0.15) is 0 Å². The van der Waals surface area contributed by atoms with Gasteiger partial charge in [-0.15, -0.1) is 11.6 Å². The van der Waals surface area contributed by atoms with Crippen LogP contribution in [0.2, 0.25) is 0 Å². The number of hydrogen-bond donors (Lipinski definition) is 1. The Morgan fingerprint density at radius 1 is 1.60 bits per heavy atom. The summed E-state index contributed by atoms with van der Waals surface area (Å²) in [6.45, 7) is 6.87. The highest BCUT2D eigenvalue weighted by molar-refractivity contribution is 6.19. The Labute approximate surface area is 96.4 Å². The second-order valence-corrected chi connectivity index (χ2v) is 5.37. The number of likely N-dealkylation sites (tertiary alicyclic amines) is 1. The lowest BCUT2D eigenvalue weighted by molar-refractivity contribution is -0.143. The van der Waals surface area contributed by atoms with Gasteiger partial charge in [0.15, 0.2) is 0 Å². The highest BCUT2D eigenvalue weighted by atomic mass is 35.5. The van der Waals surface area contributed by atoms with Crippen molar-refractivity contribution >= 4 is 17.5 Å². The number of carbonyl (C=O) groups excluding carboxylic acids is 1. The van der Waals surface area contributed by atoms with E-state index in [0.717, 1.165) is 13.0 Å². The van der Waals surface area contributed by atoms with E-state index in [2.05, 4.69) is 0 Å². The van der Waals surface area contributed by atoms with Crippen molar-refractivity contribution in [2.24, 2.45) is 11.3 Å². The van der Waals surface area contributed by atoms with Crippen LogP contribution in [0.4, 0.5) is 0 Å². The first-order valence-corrected chi connectivity index (χ1v) is 5.95. The molecule has 2 unspecified atom stereocenters. The fourth-order valence-corrected chi connectivity index (χ4v) is 1.83. The Balaban J connectivity index is 2.62. The van der Waals surface area contributed by atoms with Gasteiger partial charge in [-0.2, -0.15) is 0 Å². The van der Waals surface area contributed by atoms with E-state index in [9.17, 15) is 9.90 Å². The van der Waals surface area contributed by atoms with Crippen LogP contribution >= 0.6 is 11.6 Å². The number of piperidine rings is 1. The Bertz CT molecular complexity index is 243. The topological polar surface area (TPSA) is 40.5 Å². The molecule has 88 valence electrons. The van der Waals surface area contributed by atoms with Crippen molar-refractivity contribution in [1.82, 2.24) is 4.90 Å². The quantitative estimate of drug-likeness (QED) is 0.734. The molecular weight excluding hydrogens is 214 g/mol. The Kier molecular flexibility index (Phi) is 4.01. The maximum Gasteiger partial charge on any atom is 0.229 e. The van der Waals surface area contributed by atoms with E-state index in [4.69, 9.17) is 11.6 Å². The van der Waals surface area contributed by atoms with Crippen LogP contribution in [0.1, 0.15) is 27.2 Å². The zero-order valence-corrected chi connectivity index (χ0v) is 10.4. The van der Waals surface area contributed by atoms with Crippen LogP contribution in [0.3, 0.4) is 0 Å². The average molecular weight is 234 g/mol. The van der Waals surface area contributed by atoms with Crippen molar-refractivity contribution in [1.29, 1.82) is 0 Å². The van der Waals surface area contributed by atoms with E-state index in [-0.39, 0.29) is 11.8 Å². The minimum Gasteiger partial charge on any atom is -0.391 e. The molecule has 1 rings (SSSR count). The van der Waals surface area contributed by atoms with Gasteiger partial charge in [0, 0.05) is 19.0 Å². The number of alkyl halides is 1. The van der Waals surface area contributed by atoms with Crippen LogP contribution in [0.5, 0.6) is 0 Å². The molecule has 1 heterocycles. The molecule has 2 atom stereocenters. The molecule has 0 aromatic heterocycles. The molecule has 1 aliphatic heterocycles. The number of hydrogen-bond acceptors (Lipinski definition) is 2. The molecule has 4 heteroatoms. The summed E-state index contributed by atoms with van der Waals surface area (Å²) >= 11 is 5.76. The van der Waals surface area contributed by atoms with Gasteiger partial charge in [-0.1, -0.05) is 6.92 Å². The highest BCUT2D eigenvalue weighted by Gasteiger charge is 2.35. The van der Waals surface area contributed by atoms with Gasteiger partial charge in [-0.25, -0.2) is 0 Å². The summed E-state index contributed by atoms with van der Waals surface area (Å²) in [5.74, 6) is 0.644. The van der Waals surface area contributed by atoms with E-state index in [1.165, 1.54) is 0 Å². The number of amides is 1. The van der Waals surface area contributed by atoms with Gasteiger partial charge in [0.05, 0.1) is 11.5 Å². The first-order chi connectivity index (χ1) is 6.88. The van der Waals surface area contributed by atoms with E-state index in [0.29, 0.717) is 12.4 Å². The molecule has 0 bridgehead atoms. The van der Waals surface area contributed by atoms with Crippen molar-refractivity contribution in [3.63, 3.8) is 0 Å². The molecule has 0 saturated carbocycles. The fourth-order valence-electron chi connectivity index (χ4n) is 1.72. The number of halogens is 1. The number of aliphatic hydroxyl groups excluding tert-OH is 1. The van der Waals surface area contributed by atoms with Crippen LogP contribution < -0.4 is 0 Å². The van der Waals surface area contributed by atoms with E-state index in [1.54, 1.807) is 4.90 Å². The standard InChI is InChI=1S/C11H20ClNO2/c1-8-4-5-13(6-9(8)14)10(15)11(2,3)7-12/h8-9,14H,4-7H2,1-3H3.